The predicted octanol–water partition coefficient (Wildman–Crippen LogP) is 6.90. The van der Waals surface area contributed by atoms with Gasteiger partial charge in [-0.3, -0.25) is 0 Å². The molecule has 1 fully saturated rings. The van der Waals surface area contributed by atoms with E-state index in [1.807, 2.05) is 32.9 Å². The largest absolute Gasteiger partial charge is 0.363 e. The molecule has 0 saturated carbocycles. The molecule has 0 aromatic heterocycles. The summed E-state index contributed by atoms with van der Waals surface area (Å²) in [5.74, 6) is 0.621. The van der Waals surface area contributed by atoms with Crippen LogP contribution in [-0.2, 0) is 0 Å². The number of fused-ring (bicyclic) bond motifs is 1. The van der Waals surface area contributed by atoms with Crippen LogP contribution in [0.1, 0.15) is 57.2 Å². The SMILES string of the molecule is C=C1CCC(C)C(=C)N1.CC.CC(=N)c1cccc2c(C)ccc(C)c12. The van der Waals surface area contributed by atoms with Crippen molar-refractivity contribution < 1.29 is 0 Å². The van der Waals surface area contributed by atoms with Gasteiger partial charge in [0.1, 0.15) is 0 Å². The average molecular weight is 351 g/mol. The lowest BCUT2D eigenvalue weighted by Gasteiger charge is -2.24. The van der Waals surface area contributed by atoms with E-state index in [-0.39, 0.29) is 0 Å². The Morgan fingerprint density at radius 2 is 1.69 bits per heavy atom. The number of nitrogens with one attached hydrogen (secondary N) is 2. The van der Waals surface area contributed by atoms with Crippen molar-refractivity contribution in [3.8, 4) is 0 Å². The molecule has 1 aliphatic heterocycles. The maximum Gasteiger partial charge on any atom is 0.0361 e. The van der Waals surface area contributed by atoms with Crippen LogP contribution in [0.3, 0.4) is 0 Å². The van der Waals surface area contributed by atoms with Crippen molar-refractivity contribution in [2.75, 3.05) is 0 Å². The van der Waals surface area contributed by atoms with E-state index in [4.69, 9.17) is 5.41 Å². The third-order valence-electron chi connectivity index (χ3n) is 4.68. The maximum absolute atomic E-state index is 7.78. The molecule has 1 atom stereocenters. The molecule has 0 aliphatic carbocycles. The molecule has 2 heteroatoms. The Morgan fingerprint density at radius 1 is 1.08 bits per heavy atom. The zero-order chi connectivity index (χ0) is 19.9. The lowest BCUT2D eigenvalue weighted by atomic mass is 9.95. The molecule has 2 nitrogen and oxygen atoms in total. The summed E-state index contributed by atoms with van der Waals surface area (Å²) >= 11 is 0. The molecule has 2 aromatic carbocycles. The fourth-order valence-electron chi connectivity index (χ4n) is 3.02. The fraction of sp³-hybridized carbons (Fsp3) is 0.375. The molecule has 1 saturated heterocycles. The van der Waals surface area contributed by atoms with Crippen LogP contribution < -0.4 is 5.32 Å². The molecule has 1 unspecified atom stereocenters. The fourth-order valence-corrected chi connectivity index (χ4v) is 3.02. The van der Waals surface area contributed by atoms with E-state index in [0.29, 0.717) is 11.6 Å². The van der Waals surface area contributed by atoms with Gasteiger partial charge in [0.25, 0.3) is 0 Å². The Balaban J connectivity index is 0.000000263. The summed E-state index contributed by atoms with van der Waals surface area (Å²) in [4.78, 5) is 0. The minimum atomic E-state index is 0.621. The molecular weight excluding hydrogens is 316 g/mol. The second-order valence-corrected chi connectivity index (χ2v) is 6.75. The Morgan fingerprint density at radius 3 is 2.23 bits per heavy atom. The number of aryl methyl sites for hydroxylation is 2. The first-order chi connectivity index (χ1) is 12.3. The van der Waals surface area contributed by atoms with Crippen LogP contribution in [0, 0.1) is 25.2 Å². The second kappa shape index (κ2) is 9.96. The predicted molar refractivity (Wildman–Crippen MR) is 117 cm³/mol. The third kappa shape index (κ3) is 5.32. The van der Waals surface area contributed by atoms with Crippen molar-refractivity contribution in [3.05, 3.63) is 71.6 Å². The van der Waals surface area contributed by atoms with Crippen molar-refractivity contribution in [2.24, 2.45) is 5.92 Å². The van der Waals surface area contributed by atoms with Crippen molar-refractivity contribution in [1.82, 2.24) is 5.32 Å². The molecule has 2 N–H and O–H groups in total. The van der Waals surface area contributed by atoms with Gasteiger partial charge in [-0.2, -0.15) is 0 Å². The second-order valence-electron chi connectivity index (χ2n) is 6.75. The Labute approximate surface area is 159 Å². The third-order valence-corrected chi connectivity index (χ3v) is 4.68. The molecule has 2 aromatic rings. The highest BCUT2D eigenvalue weighted by Crippen LogP contribution is 2.25. The molecule has 0 spiro atoms. The van der Waals surface area contributed by atoms with Gasteiger partial charge in [0.2, 0.25) is 0 Å². The molecule has 1 aliphatic rings. The lowest BCUT2D eigenvalue weighted by Crippen LogP contribution is -2.22. The van der Waals surface area contributed by atoms with Crippen molar-refractivity contribution in [2.45, 2.75) is 54.4 Å². The van der Waals surface area contributed by atoms with Gasteiger partial charge >= 0.3 is 0 Å². The van der Waals surface area contributed by atoms with Crippen LogP contribution in [0.4, 0.5) is 0 Å². The summed E-state index contributed by atoms with van der Waals surface area (Å²) in [5.41, 5.74) is 6.43. The summed E-state index contributed by atoms with van der Waals surface area (Å²) < 4.78 is 0. The van der Waals surface area contributed by atoms with E-state index >= 15 is 0 Å². The molecular formula is C24H34N2. The van der Waals surface area contributed by atoms with Crippen LogP contribution in [0.25, 0.3) is 10.8 Å². The number of hydrogen-bond donors (Lipinski definition) is 2. The molecule has 140 valence electrons. The van der Waals surface area contributed by atoms with E-state index in [1.54, 1.807) is 0 Å². The normalized spacial score (nSPS) is 16.0. The van der Waals surface area contributed by atoms with Gasteiger partial charge in [0.15, 0.2) is 0 Å². The van der Waals surface area contributed by atoms with Crippen molar-refractivity contribution in [1.29, 1.82) is 5.41 Å². The van der Waals surface area contributed by atoms with E-state index in [9.17, 15) is 0 Å². The van der Waals surface area contributed by atoms with Gasteiger partial charge in [-0.05, 0) is 61.4 Å². The number of hydrogen-bond acceptors (Lipinski definition) is 2. The summed E-state index contributed by atoms with van der Waals surface area (Å²) in [7, 11) is 0. The number of benzene rings is 2. The molecule has 3 rings (SSSR count). The molecule has 0 amide bonds. The van der Waals surface area contributed by atoms with Crippen LogP contribution in [0.2, 0.25) is 0 Å². The monoisotopic (exact) mass is 350 g/mol. The van der Waals surface area contributed by atoms with Gasteiger partial charge in [0, 0.05) is 22.7 Å². The molecule has 0 radical (unpaired) electrons. The van der Waals surface area contributed by atoms with Gasteiger partial charge in [-0.25, -0.2) is 0 Å². The number of rotatable bonds is 1. The summed E-state index contributed by atoms with van der Waals surface area (Å²) in [6.07, 6.45) is 2.30. The summed E-state index contributed by atoms with van der Waals surface area (Å²) in [6, 6.07) is 10.5. The van der Waals surface area contributed by atoms with Gasteiger partial charge in [-0.15, -0.1) is 0 Å². The van der Waals surface area contributed by atoms with Gasteiger partial charge in [0.05, 0.1) is 0 Å². The van der Waals surface area contributed by atoms with Crippen LogP contribution in [0.5, 0.6) is 0 Å². The van der Waals surface area contributed by atoms with Crippen molar-refractivity contribution >= 4 is 16.5 Å². The van der Waals surface area contributed by atoms with E-state index in [0.717, 1.165) is 23.4 Å². The highest BCUT2D eigenvalue weighted by atomic mass is 14.9. The van der Waals surface area contributed by atoms with Crippen LogP contribution in [-0.4, -0.2) is 5.71 Å². The van der Waals surface area contributed by atoms with Crippen molar-refractivity contribution in [3.63, 3.8) is 0 Å². The minimum absolute atomic E-state index is 0.621. The lowest BCUT2D eigenvalue weighted by molar-refractivity contribution is 0.524. The zero-order valence-electron chi connectivity index (χ0n) is 17.3. The quantitative estimate of drug-likeness (QED) is 0.539. The molecule has 1 heterocycles. The first-order valence-electron chi connectivity index (χ1n) is 9.49. The molecule has 0 bridgehead atoms. The average Bonchev–Trinajstić information content (AvgIpc) is 2.63. The number of piperidine rings is 1. The first-order valence-corrected chi connectivity index (χ1v) is 9.49. The Kier molecular flexibility index (Phi) is 8.31. The highest BCUT2D eigenvalue weighted by molar-refractivity contribution is 6.10. The Hall–Kier alpha value is -2.35. The van der Waals surface area contributed by atoms with E-state index in [1.165, 1.54) is 28.3 Å². The van der Waals surface area contributed by atoms with Gasteiger partial charge in [-0.1, -0.05) is 64.3 Å². The first kappa shape index (κ1) is 21.7. The zero-order valence-corrected chi connectivity index (χ0v) is 17.3. The standard InChI is InChI=1S/C14H15N.C8H13N.C2H6/c1-9-7-8-10(2)14-12(9)5-4-6-13(14)11(3)15;1-6-4-5-7(2)9-8(6)3;1-2/h4-8,15H,1-3H3;6,9H,2-5H2,1H3;1-2H3. The maximum atomic E-state index is 7.78. The minimum Gasteiger partial charge on any atom is -0.363 e. The smallest absolute Gasteiger partial charge is 0.0361 e. The van der Waals surface area contributed by atoms with E-state index < -0.39 is 0 Å². The summed E-state index contributed by atoms with van der Waals surface area (Å²) in [5, 5.41) is 13.4. The highest BCUT2D eigenvalue weighted by Gasteiger charge is 2.12. The van der Waals surface area contributed by atoms with Gasteiger partial charge < -0.3 is 10.7 Å². The summed E-state index contributed by atoms with van der Waals surface area (Å²) in [6.45, 7) is 19.9. The number of allylic oxidation sites excluding steroid dienone is 2. The van der Waals surface area contributed by atoms with E-state index in [2.05, 4.69) is 57.4 Å². The van der Waals surface area contributed by atoms with Crippen LogP contribution >= 0.6 is 0 Å². The topological polar surface area (TPSA) is 35.9 Å². The molecule has 26 heavy (non-hydrogen) atoms. The Bertz CT molecular complexity index is 799. The van der Waals surface area contributed by atoms with Crippen LogP contribution in [0.15, 0.2) is 54.9 Å².